The summed E-state index contributed by atoms with van der Waals surface area (Å²) in [6.45, 7) is 5.94. The third-order valence-electron chi connectivity index (χ3n) is 5.26. The lowest BCUT2D eigenvalue weighted by molar-refractivity contribution is 0.0844. The number of carbonyl (C=O) groups is 1. The number of hydrogen-bond acceptors (Lipinski definition) is 7. The van der Waals surface area contributed by atoms with Gasteiger partial charge in [-0.2, -0.15) is 4.98 Å². The molecule has 1 aliphatic carbocycles. The number of hydrogen-bond donors (Lipinski definition) is 1. The summed E-state index contributed by atoms with van der Waals surface area (Å²) in [5.74, 6) is 1.79. The van der Waals surface area contributed by atoms with E-state index in [0.717, 1.165) is 36.6 Å². The number of thiazole rings is 1. The van der Waals surface area contributed by atoms with Crippen molar-refractivity contribution in [2.45, 2.75) is 51.0 Å². The van der Waals surface area contributed by atoms with Gasteiger partial charge in [0.15, 0.2) is 0 Å². The normalized spacial score (nSPS) is 17.7. The Balaban J connectivity index is 1.46. The van der Waals surface area contributed by atoms with Crippen molar-refractivity contribution in [2.75, 3.05) is 19.8 Å². The lowest BCUT2D eigenvalue weighted by Gasteiger charge is -2.25. The number of nitrogens with zero attached hydrogens (tertiary/aromatic N) is 2. The number of rotatable bonds is 7. The van der Waals surface area contributed by atoms with Crippen LogP contribution in [0.1, 0.15) is 56.0 Å². The second-order valence-electron chi connectivity index (χ2n) is 8.16. The van der Waals surface area contributed by atoms with Gasteiger partial charge < -0.3 is 19.5 Å². The molecule has 0 spiro atoms. The van der Waals surface area contributed by atoms with Gasteiger partial charge in [0.05, 0.1) is 12.1 Å². The molecule has 0 radical (unpaired) electrons. The molecule has 2 fully saturated rings. The fourth-order valence-corrected chi connectivity index (χ4v) is 4.09. The number of aromatic nitrogens is 2. The summed E-state index contributed by atoms with van der Waals surface area (Å²) in [4.78, 5) is 21.2. The zero-order valence-corrected chi connectivity index (χ0v) is 17.7. The molecule has 2 aromatic rings. The smallest absolute Gasteiger partial charge is 0.414 e. The number of carbonyl (C=O) groups excluding carboxylic acids is 1. The zero-order valence-electron chi connectivity index (χ0n) is 16.8. The van der Waals surface area contributed by atoms with E-state index in [2.05, 4.69) is 15.3 Å². The van der Waals surface area contributed by atoms with E-state index in [1.165, 1.54) is 24.2 Å². The Morgan fingerprint density at radius 1 is 1.28 bits per heavy atom. The Hall–Kier alpha value is -2.19. The Morgan fingerprint density at radius 2 is 2.07 bits per heavy atom. The second-order valence-corrected chi connectivity index (χ2v) is 9.06. The van der Waals surface area contributed by atoms with Gasteiger partial charge >= 0.3 is 6.09 Å². The molecule has 7 nitrogen and oxygen atoms in total. The van der Waals surface area contributed by atoms with Gasteiger partial charge in [0, 0.05) is 36.4 Å². The minimum atomic E-state index is -0.626. The van der Waals surface area contributed by atoms with Gasteiger partial charge in [-0.15, -0.1) is 11.3 Å². The van der Waals surface area contributed by atoms with Crippen molar-refractivity contribution in [3.63, 3.8) is 0 Å². The average Bonchev–Trinajstić information content (AvgIpc) is 3.35. The Bertz CT molecular complexity index is 830. The molecule has 1 saturated heterocycles. The summed E-state index contributed by atoms with van der Waals surface area (Å²) in [6.07, 6.45) is 5.46. The maximum absolute atomic E-state index is 12.4. The quantitative estimate of drug-likeness (QED) is 0.725. The number of nitrogens with one attached hydrogen (secondary N) is 1. The number of pyridine rings is 1. The monoisotopic (exact) mass is 417 g/mol. The van der Waals surface area contributed by atoms with Crippen LogP contribution < -0.4 is 14.8 Å². The van der Waals surface area contributed by atoms with E-state index in [0.29, 0.717) is 24.3 Å². The zero-order chi connectivity index (χ0) is 20.3. The molecular weight excluding hydrogens is 390 g/mol. The van der Waals surface area contributed by atoms with E-state index < -0.39 is 11.6 Å². The predicted molar refractivity (Wildman–Crippen MR) is 110 cm³/mol. The summed E-state index contributed by atoms with van der Waals surface area (Å²) >= 11 is 1.49. The topological polar surface area (TPSA) is 82.6 Å². The summed E-state index contributed by atoms with van der Waals surface area (Å²) in [7, 11) is 0. The molecule has 1 aliphatic heterocycles. The van der Waals surface area contributed by atoms with Crippen LogP contribution in [0.3, 0.4) is 0 Å². The van der Waals surface area contributed by atoms with Crippen molar-refractivity contribution < 1.29 is 19.0 Å². The van der Waals surface area contributed by atoms with Crippen LogP contribution >= 0.6 is 11.3 Å². The lowest BCUT2D eigenvalue weighted by atomic mass is 9.92. The van der Waals surface area contributed by atoms with Gasteiger partial charge in [0.25, 0.3) is 0 Å². The van der Waals surface area contributed by atoms with E-state index in [1.807, 2.05) is 25.3 Å². The molecular formula is C21H27N3O4S. The van der Waals surface area contributed by atoms with Crippen molar-refractivity contribution in [2.24, 2.45) is 5.92 Å². The van der Waals surface area contributed by atoms with Crippen LogP contribution in [0.15, 0.2) is 23.7 Å². The highest BCUT2D eigenvalue weighted by Crippen LogP contribution is 2.36. The summed E-state index contributed by atoms with van der Waals surface area (Å²) in [6, 6.07) is 3.71. The molecule has 2 aliphatic rings. The largest absolute Gasteiger partial charge is 0.477 e. The van der Waals surface area contributed by atoms with Gasteiger partial charge in [-0.25, -0.2) is 9.78 Å². The van der Waals surface area contributed by atoms with Crippen LogP contribution in [0.2, 0.25) is 0 Å². The van der Waals surface area contributed by atoms with Gasteiger partial charge in [0.2, 0.25) is 11.8 Å². The van der Waals surface area contributed by atoms with E-state index in [9.17, 15) is 4.79 Å². The Labute approximate surface area is 174 Å². The van der Waals surface area contributed by atoms with Crippen LogP contribution in [-0.2, 0) is 10.3 Å². The molecule has 0 atom stereocenters. The van der Waals surface area contributed by atoms with Gasteiger partial charge in [-0.1, -0.05) is 0 Å². The maximum atomic E-state index is 12.4. The summed E-state index contributed by atoms with van der Waals surface area (Å²) < 4.78 is 17.0. The summed E-state index contributed by atoms with van der Waals surface area (Å²) in [5.41, 5.74) is 0.448. The van der Waals surface area contributed by atoms with Crippen LogP contribution in [0.4, 0.5) is 4.79 Å². The average molecular weight is 418 g/mol. The molecule has 3 heterocycles. The molecule has 2 aromatic heterocycles. The number of ether oxygens (including phenoxy) is 3. The first-order chi connectivity index (χ1) is 14.0. The Kier molecular flexibility index (Phi) is 6.01. The van der Waals surface area contributed by atoms with Crippen LogP contribution in [0.25, 0.3) is 0 Å². The minimum absolute atomic E-state index is 0.235. The molecule has 0 unspecified atom stereocenters. The standard InChI is InChI=1S/C21H27N3O4S/c1-21(2,19-22-9-12-29-19)24-20(25)28-17-6-5-16(15-7-10-26-11-8-15)18(23-17)27-13-14-3-4-14/h5-6,9,12,14-15H,3-4,7-8,10-11,13H2,1-2H3,(H,24,25). The molecule has 29 heavy (non-hydrogen) atoms. The molecule has 1 amide bonds. The Morgan fingerprint density at radius 3 is 2.76 bits per heavy atom. The predicted octanol–water partition coefficient (Wildman–Crippen LogP) is 4.24. The van der Waals surface area contributed by atoms with Gasteiger partial charge in [-0.05, 0) is 57.4 Å². The molecule has 156 valence electrons. The van der Waals surface area contributed by atoms with Crippen LogP contribution in [0.5, 0.6) is 11.8 Å². The third kappa shape index (κ3) is 5.25. The minimum Gasteiger partial charge on any atom is -0.477 e. The first-order valence-corrected chi connectivity index (χ1v) is 11.0. The van der Waals surface area contributed by atoms with Gasteiger partial charge in [-0.3, -0.25) is 0 Å². The molecule has 8 heteroatoms. The van der Waals surface area contributed by atoms with Crippen LogP contribution in [0, 0.1) is 5.92 Å². The fourth-order valence-electron chi connectivity index (χ4n) is 3.37. The maximum Gasteiger partial charge on any atom is 0.414 e. The van der Waals surface area contributed by atoms with E-state index >= 15 is 0 Å². The molecule has 0 aromatic carbocycles. The molecule has 0 bridgehead atoms. The third-order valence-corrected chi connectivity index (χ3v) is 6.35. The van der Waals surface area contributed by atoms with Crippen molar-refractivity contribution >= 4 is 17.4 Å². The van der Waals surface area contributed by atoms with E-state index in [-0.39, 0.29) is 5.88 Å². The summed E-state index contributed by atoms with van der Waals surface area (Å²) in [5, 5.41) is 5.54. The van der Waals surface area contributed by atoms with Crippen molar-refractivity contribution in [3.05, 3.63) is 34.3 Å². The first-order valence-electron chi connectivity index (χ1n) is 10.1. The SMILES string of the molecule is CC(C)(NC(=O)Oc1ccc(C2CCOCC2)c(OCC2CC2)n1)c1nccs1. The van der Waals surface area contributed by atoms with E-state index in [1.54, 1.807) is 12.3 Å². The van der Waals surface area contributed by atoms with Crippen molar-refractivity contribution in [3.8, 4) is 11.8 Å². The fraction of sp³-hybridized carbons (Fsp3) is 0.571. The van der Waals surface area contributed by atoms with E-state index in [4.69, 9.17) is 14.2 Å². The van der Waals surface area contributed by atoms with Crippen LogP contribution in [-0.4, -0.2) is 35.9 Å². The number of amides is 1. The molecule has 1 N–H and O–H groups in total. The molecule has 4 rings (SSSR count). The van der Waals surface area contributed by atoms with Gasteiger partial charge in [0.1, 0.15) is 5.01 Å². The van der Waals surface area contributed by atoms with Crippen molar-refractivity contribution in [1.82, 2.24) is 15.3 Å². The molecule has 1 saturated carbocycles. The second kappa shape index (κ2) is 8.67. The highest BCUT2D eigenvalue weighted by atomic mass is 32.1. The first kappa shape index (κ1) is 20.1. The lowest BCUT2D eigenvalue weighted by Crippen LogP contribution is -2.42. The highest BCUT2D eigenvalue weighted by molar-refractivity contribution is 7.09. The van der Waals surface area contributed by atoms with Crippen molar-refractivity contribution in [1.29, 1.82) is 0 Å². The highest BCUT2D eigenvalue weighted by Gasteiger charge is 2.28.